The molecule has 1 aliphatic rings. The number of nitrogen functional groups attached to an aromatic ring is 1. The van der Waals surface area contributed by atoms with Crippen molar-refractivity contribution in [2.75, 3.05) is 18.9 Å². The highest BCUT2D eigenvalue weighted by Crippen LogP contribution is 2.26. The maximum absolute atomic E-state index is 5.63. The first-order valence-electron chi connectivity index (χ1n) is 5.60. The number of anilines is 1. The van der Waals surface area contributed by atoms with E-state index in [0.717, 1.165) is 24.3 Å². The number of hydrogen-bond acceptors (Lipinski definition) is 5. The topological polar surface area (TPSA) is 74.2 Å². The zero-order valence-corrected chi connectivity index (χ0v) is 9.30. The number of rotatable bonds is 2. The van der Waals surface area contributed by atoms with Gasteiger partial charge in [0, 0.05) is 17.9 Å². The number of hydrogen-bond donors (Lipinski definition) is 1. The first-order chi connectivity index (χ1) is 8.33. The minimum absolute atomic E-state index is 0.241. The summed E-state index contributed by atoms with van der Waals surface area (Å²) in [5.74, 6) is 1.51. The Morgan fingerprint density at radius 3 is 2.76 bits per heavy atom. The lowest BCUT2D eigenvalue weighted by Gasteiger charge is -1.97. The van der Waals surface area contributed by atoms with Crippen LogP contribution < -0.4 is 5.73 Å². The molecule has 0 aliphatic carbocycles. The Kier molecular flexibility index (Phi) is 2.53. The van der Waals surface area contributed by atoms with Gasteiger partial charge in [-0.3, -0.25) is 0 Å². The van der Waals surface area contributed by atoms with Crippen molar-refractivity contribution in [2.45, 2.75) is 12.3 Å². The van der Waals surface area contributed by atoms with Crippen LogP contribution in [-0.4, -0.2) is 23.4 Å². The first kappa shape index (κ1) is 10.3. The lowest BCUT2D eigenvalue weighted by molar-refractivity contribution is 0.189. The summed E-state index contributed by atoms with van der Waals surface area (Å²) < 4.78 is 10.6. The molecule has 3 rings (SSSR count). The third-order valence-corrected chi connectivity index (χ3v) is 2.89. The number of ether oxygens (including phenoxy) is 1. The van der Waals surface area contributed by atoms with Gasteiger partial charge in [0.25, 0.3) is 0 Å². The Labute approximate surface area is 98.6 Å². The van der Waals surface area contributed by atoms with Gasteiger partial charge in [-0.25, -0.2) is 0 Å². The third-order valence-electron chi connectivity index (χ3n) is 2.89. The van der Waals surface area contributed by atoms with Gasteiger partial charge < -0.3 is 15.0 Å². The number of nitrogens with zero attached hydrogens (tertiary/aromatic N) is 2. The smallest absolute Gasteiger partial charge is 0.232 e. The molecule has 0 bridgehead atoms. The monoisotopic (exact) mass is 231 g/mol. The average molecular weight is 231 g/mol. The summed E-state index contributed by atoms with van der Waals surface area (Å²) in [7, 11) is 0. The second-order valence-electron chi connectivity index (χ2n) is 4.14. The number of nitrogens with two attached hydrogens (primary N) is 1. The Balaban J connectivity index is 1.86. The maximum Gasteiger partial charge on any atom is 0.232 e. The summed E-state index contributed by atoms with van der Waals surface area (Å²) in [5, 5.41) is 3.98. The minimum Gasteiger partial charge on any atom is -0.399 e. The highest BCUT2D eigenvalue weighted by atomic mass is 16.5. The van der Waals surface area contributed by atoms with E-state index in [4.69, 9.17) is 15.0 Å². The van der Waals surface area contributed by atoms with Gasteiger partial charge in [-0.2, -0.15) is 4.98 Å². The molecule has 2 heterocycles. The van der Waals surface area contributed by atoms with Gasteiger partial charge >= 0.3 is 0 Å². The standard InChI is InChI=1S/C12H13N3O2/c13-10-3-1-8(2-4-10)11-14-12(17-15-11)9-5-6-16-7-9/h1-4,9H,5-7,13H2. The SMILES string of the molecule is Nc1ccc(-c2noc(C3CCOC3)n2)cc1. The third kappa shape index (κ3) is 2.01. The van der Waals surface area contributed by atoms with Crippen molar-refractivity contribution in [1.82, 2.24) is 10.1 Å². The van der Waals surface area contributed by atoms with Crippen molar-refractivity contribution < 1.29 is 9.26 Å². The molecule has 1 atom stereocenters. The zero-order valence-electron chi connectivity index (χ0n) is 9.30. The van der Waals surface area contributed by atoms with Crippen LogP contribution in [0, 0.1) is 0 Å². The van der Waals surface area contributed by atoms with Gasteiger partial charge in [0.15, 0.2) is 0 Å². The second-order valence-corrected chi connectivity index (χ2v) is 4.14. The zero-order chi connectivity index (χ0) is 11.7. The predicted molar refractivity (Wildman–Crippen MR) is 62.3 cm³/mol. The molecule has 0 radical (unpaired) electrons. The maximum atomic E-state index is 5.63. The highest BCUT2D eigenvalue weighted by molar-refractivity contribution is 5.58. The van der Waals surface area contributed by atoms with E-state index in [1.54, 1.807) is 0 Å². The molecule has 2 aromatic rings. The molecular weight excluding hydrogens is 218 g/mol. The average Bonchev–Trinajstić information content (AvgIpc) is 3.00. The predicted octanol–water partition coefficient (Wildman–Crippen LogP) is 1.82. The summed E-state index contributed by atoms with van der Waals surface area (Å²) in [4.78, 5) is 4.39. The molecule has 1 fully saturated rings. The molecule has 0 spiro atoms. The Bertz CT molecular complexity index is 501. The molecule has 5 heteroatoms. The van der Waals surface area contributed by atoms with Crippen molar-refractivity contribution in [3.63, 3.8) is 0 Å². The highest BCUT2D eigenvalue weighted by Gasteiger charge is 2.23. The van der Waals surface area contributed by atoms with E-state index in [1.165, 1.54) is 0 Å². The van der Waals surface area contributed by atoms with Crippen molar-refractivity contribution in [1.29, 1.82) is 0 Å². The van der Waals surface area contributed by atoms with Crippen LogP contribution in [0.4, 0.5) is 5.69 Å². The lowest BCUT2D eigenvalue weighted by atomic mass is 10.1. The molecular formula is C12H13N3O2. The van der Waals surface area contributed by atoms with Gasteiger partial charge in [0.05, 0.1) is 12.5 Å². The van der Waals surface area contributed by atoms with E-state index in [-0.39, 0.29) is 5.92 Å². The van der Waals surface area contributed by atoms with Crippen LogP contribution in [-0.2, 0) is 4.74 Å². The number of aromatic nitrogens is 2. The molecule has 5 nitrogen and oxygen atoms in total. The molecule has 1 aliphatic heterocycles. The van der Waals surface area contributed by atoms with Crippen molar-refractivity contribution >= 4 is 5.69 Å². The summed E-state index contributed by atoms with van der Waals surface area (Å²) in [5.41, 5.74) is 7.26. The normalized spacial score (nSPS) is 19.6. The Morgan fingerprint density at radius 2 is 2.06 bits per heavy atom. The molecule has 1 saturated heterocycles. The molecule has 17 heavy (non-hydrogen) atoms. The van der Waals surface area contributed by atoms with E-state index in [2.05, 4.69) is 10.1 Å². The largest absolute Gasteiger partial charge is 0.399 e. The fourth-order valence-corrected chi connectivity index (χ4v) is 1.88. The van der Waals surface area contributed by atoms with Gasteiger partial charge in [0.1, 0.15) is 0 Å². The van der Waals surface area contributed by atoms with E-state index in [1.807, 2.05) is 24.3 Å². The van der Waals surface area contributed by atoms with E-state index in [0.29, 0.717) is 18.3 Å². The molecule has 1 unspecified atom stereocenters. The van der Waals surface area contributed by atoms with Crippen LogP contribution in [0.5, 0.6) is 0 Å². The quantitative estimate of drug-likeness (QED) is 0.798. The summed E-state index contributed by atoms with van der Waals surface area (Å²) in [6.07, 6.45) is 0.948. The summed E-state index contributed by atoms with van der Waals surface area (Å²) >= 11 is 0. The van der Waals surface area contributed by atoms with Crippen LogP contribution in [0.1, 0.15) is 18.2 Å². The molecule has 0 saturated carbocycles. The molecule has 88 valence electrons. The van der Waals surface area contributed by atoms with Gasteiger partial charge in [0.2, 0.25) is 11.7 Å². The van der Waals surface area contributed by atoms with Crippen molar-refractivity contribution in [3.8, 4) is 11.4 Å². The molecule has 0 amide bonds. The Morgan fingerprint density at radius 1 is 1.24 bits per heavy atom. The minimum atomic E-state index is 0.241. The van der Waals surface area contributed by atoms with E-state index in [9.17, 15) is 0 Å². The Hall–Kier alpha value is -1.88. The van der Waals surface area contributed by atoms with Gasteiger partial charge in [-0.1, -0.05) is 5.16 Å². The number of benzene rings is 1. The first-order valence-corrected chi connectivity index (χ1v) is 5.60. The summed E-state index contributed by atoms with van der Waals surface area (Å²) in [6.45, 7) is 1.44. The van der Waals surface area contributed by atoms with Crippen LogP contribution >= 0.6 is 0 Å². The van der Waals surface area contributed by atoms with Crippen LogP contribution in [0.15, 0.2) is 28.8 Å². The van der Waals surface area contributed by atoms with Crippen LogP contribution in [0.3, 0.4) is 0 Å². The van der Waals surface area contributed by atoms with E-state index >= 15 is 0 Å². The van der Waals surface area contributed by atoms with Crippen molar-refractivity contribution in [3.05, 3.63) is 30.2 Å². The van der Waals surface area contributed by atoms with Crippen molar-refractivity contribution in [2.24, 2.45) is 0 Å². The summed E-state index contributed by atoms with van der Waals surface area (Å²) in [6, 6.07) is 7.42. The lowest BCUT2D eigenvalue weighted by Crippen LogP contribution is -1.97. The molecule has 1 aromatic carbocycles. The fourth-order valence-electron chi connectivity index (χ4n) is 1.88. The fraction of sp³-hybridized carbons (Fsp3) is 0.333. The van der Waals surface area contributed by atoms with E-state index < -0.39 is 0 Å². The molecule has 2 N–H and O–H groups in total. The van der Waals surface area contributed by atoms with Gasteiger partial charge in [-0.15, -0.1) is 0 Å². The van der Waals surface area contributed by atoms with Crippen LogP contribution in [0.25, 0.3) is 11.4 Å². The molecule has 1 aromatic heterocycles. The van der Waals surface area contributed by atoms with Gasteiger partial charge in [-0.05, 0) is 30.7 Å². The van der Waals surface area contributed by atoms with Crippen LogP contribution in [0.2, 0.25) is 0 Å². The second kappa shape index (κ2) is 4.18.